The minimum Gasteiger partial charge on any atom is -1.00 e. The molecule has 6 nitrogen and oxygen atoms in total. The quantitative estimate of drug-likeness (QED) is 0.239. The number of aryl methyl sites for hydroxylation is 1. The SMILES string of the molecule is CCN(CC)c1ccc2cc(C=Cc3cc[n+](CCCCCC(=O)O)cc3)c(=O)oc2c1.[Br-]. The van der Waals surface area contributed by atoms with Crippen LogP contribution in [0.5, 0.6) is 0 Å². The molecule has 0 bridgehead atoms. The summed E-state index contributed by atoms with van der Waals surface area (Å²) in [5, 5.41) is 9.57. The number of benzene rings is 1. The Kier molecular flexibility index (Phi) is 10.3. The van der Waals surface area contributed by atoms with Gasteiger partial charge in [-0.05, 0) is 56.5 Å². The fourth-order valence-corrected chi connectivity index (χ4v) is 3.68. The van der Waals surface area contributed by atoms with Crippen molar-refractivity contribution >= 4 is 34.8 Å². The van der Waals surface area contributed by atoms with Crippen molar-refractivity contribution in [3.05, 3.63) is 70.3 Å². The van der Waals surface area contributed by atoms with Crippen LogP contribution in [-0.4, -0.2) is 24.2 Å². The van der Waals surface area contributed by atoms with E-state index in [1.807, 2.05) is 48.8 Å². The van der Waals surface area contributed by atoms with Crippen molar-refractivity contribution in [2.45, 2.75) is 46.1 Å². The first-order valence-electron chi connectivity index (χ1n) is 11.2. The van der Waals surface area contributed by atoms with Gasteiger partial charge in [-0.2, -0.15) is 0 Å². The van der Waals surface area contributed by atoms with Crippen LogP contribution in [0, 0.1) is 0 Å². The molecule has 7 heteroatoms. The number of hydrogen-bond acceptors (Lipinski definition) is 4. The van der Waals surface area contributed by atoms with Gasteiger partial charge in [0.1, 0.15) is 12.1 Å². The zero-order valence-electron chi connectivity index (χ0n) is 19.2. The number of fused-ring (bicyclic) bond motifs is 1. The van der Waals surface area contributed by atoms with Gasteiger partial charge in [0.05, 0.1) is 5.56 Å². The van der Waals surface area contributed by atoms with Crippen LogP contribution in [0.1, 0.15) is 50.7 Å². The molecule has 0 saturated carbocycles. The molecular weight excluding hydrogens is 484 g/mol. The first-order chi connectivity index (χ1) is 15.5. The lowest BCUT2D eigenvalue weighted by molar-refractivity contribution is -0.697. The molecule has 1 N–H and O–H groups in total. The number of hydrogen-bond donors (Lipinski definition) is 1. The molecule has 3 aromatic rings. The largest absolute Gasteiger partial charge is 1.00 e. The molecule has 33 heavy (non-hydrogen) atoms. The number of carboxylic acids is 1. The zero-order chi connectivity index (χ0) is 22.9. The Bertz CT molecular complexity index is 1140. The van der Waals surface area contributed by atoms with E-state index < -0.39 is 5.97 Å². The van der Waals surface area contributed by atoms with Gasteiger partial charge >= 0.3 is 11.6 Å². The third-order valence-electron chi connectivity index (χ3n) is 5.55. The molecule has 0 aliphatic heterocycles. The standard InChI is InChI=1S/C26H30N2O4.BrH/c1-3-28(4-2)23-12-11-21-18-22(26(31)32-24(21)19-23)10-9-20-13-16-27(17-14-20)15-7-5-6-8-25(29)30;/h9-14,16-19H,3-8,15H2,1-2H3;1H. The summed E-state index contributed by atoms with van der Waals surface area (Å²) >= 11 is 0. The molecule has 1 aromatic carbocycles. The minimum atomic E-state index is -0.737. The average molecular weight is 515 g/mol. The van der Waals surface area contributed by atoms with E-state index in [0.717, 1.165) is 49.1 Å². The summed E-state index contributed by atoms with van der Waals surface area (Å²) in [5.41, 5.74) is 2.80. The second-order valence-corrected chi connectivity index (χ2v) is 7.79. The third kappa shape index (κ3) is 7.56. The summed E-state index contributed by atoms with van der Waals surface area (Å²) in [6, 6.07) is 11.8. The van der Waals surface area contributed by atoms with E-state index >= 15 is 0 Å². The Morgan fingerprint density at radius 1 is 1.03 bits per heavy atom. The summed E-state index contributed by atoms with van der Waals surface area (Å²) in [6.45, 7) is 6.85. The molecule has 2 heterocycles. The highest BCUT2D eigenvalue weighted by atomic mass is 79.9. The van der Waals surface area contributed by atoms with Gasteiger partial charge in [0.2, 0.25) is 0 Å². The number of aromatic nitrogens is 1. The highest BCUT2D eigenvalue weighted by Gasteiger charge is 2.07. The lowest BCUT2D eigenvalue weighted by Crippen LogP contribution is -3.00. The van der Waals surface area contributed by atoms with Crippen molar-refractivity contribution in [2.24, 2.45) is 0 Å². The maximum Gasteiger partial charge on any atom is 0.343 e. The molecule has 2 aromatic heterocycles. The van der Waals surface area contributed by atoms with Crippen LogP contribution in [0.25, 0.3) is 23.1 Å². The number of halogens is 1. The van der Waals surface area contributed by atoms with Gasteiger partial charge in [0, 0.05) is 55.2 Å². The van der Waals surface area contributed by atoms with E-state index in [-0.39, 0.29) is 29.0 Å². The van der Waals surface area contributed by atoms with E-state index in [9.17, 15) is 9.59 Å². The number of carbonyl (C=O) groups is 1. The number of pyridine rings is 1. The van der Waals surface area contributed by atoms with E-state index in [2.05, 4.69) is 29.4 Å². The van der Waals surface area contributed by atoms with Crippen LogP contribution >= 0.6 is 0 Å². The van der Waals surface area contributed by atoms with E-state index in [0.29, 0.717) is 17.6 Å². The molecule has 0 aliphatic rings. The summed E-state index contributed by atoms with van der Waals surface area (Å²) in [7, 11) is 0. The normalized spacial score (nSPS) is 11.0. The number of aliphatic carboxylic acids is 1. The van der Waals surface area contributed by atoms with E-state index in [1.165, 1.54) is 0 Å². The van der Waals surface area contributed by atoms with Gasteiger partial charge in [-0.15, -0.1) is 0 Å². The monoisotopic (exact) mass is 514 g/mol. The molecule has 0 radical (unpaired) electrons. The van der Waals surface area contributed by atoms with Crippen LogP contribution < -0.4 is 32.1 Å². The molecule has 0 spiro atoms. The fourth-order valence-electron chi connectivity index (χ4n) is 3.68. The Balaban J connectivity index is 0.00000385. The lowest BCUT2D eigenvalue weighted by Gasteiger charge is -2.20. The molecular formula is C26H31BrN2O4. The van der Waals surface area contributed by atoms with Gasteiger partial charge < -0.3 is 31.4 Å². The molecule has 3 rings (SSSR count). The number of anilines is 1. The summed E-state index contributed by atoms with van der Waals surface area (Å²) in [5.74, 6) is -0.737. The van der Waals surface area contributed by atoms with Crippen molar-refractivity contribution in [1.29, 1.82) is 0 Å². The first kappa shape index (κ1) is 26.3. The Hall–Kier alpha value is -2.93. The average Bonchev–Trinajstić information content (AvgIpc) is 2.79. The van der Waals surface area contributed by atoms with Crippen LogP contribution in [0.15, 0.2) is 58.0 Å². The second-order valence-electron chi connectivity index (χ2n) is 7.79. The van der Waals surface area contributed by atoms with Crippen LogP contribution in [0.4, 0.5) is 5.69 Å². The van der Waals surface area contributed by atoms with Gasteiger partial charge in [0.25, 0.3) is 0 Å². The van der Waals surface area contributed by atoms with Crippen molar-refractivity contribution in [3.8, 4) is 0 Å². The molecule has 0 amide bonds. The summed E-state index contributed by atoms with van der Waals surface area (Å²) < 4.78 is 7.66. The number of nitrogens with zero attached hydrogens (tertiary/aromatic N) is 2. The summed E-state index contributed by atoms with van der Waals surface area (Å²) in [6.07, 6.45) is 10.5. The van der Waals surface area contributed by atoms with Gasteiger partial charge in [-0.3, -0.25) is 4.79 Å². The van der Waals surface area contributed by atoms with Gasteiger partial charge in [-0.25, -0.2) is 9.36 Å². The first-order valence-corrected chi connectivity index (χ1v) is 11.2. The predicted molar refractivity (Wildman–Crippen MR) is 128 cm³/mol. The smallest absolute Gasteiger partial charge is 0.343 e. The molecule has 0 saturated heterocycles. The predicted octanol–water partition coefficient (Wildman–Crippen LogP) is 1.75. The number of rotatable bonds is 11. The topological polar surface area (TPSA) is 74.6 Å². The Labute approximate surface area is 204 Å². The Morgan fingerprint density at radius 2 is 1.76 bits per heavy atom. The molecule has 0 atom stereocenters. The second kappa shape index (κ2) is 12.9. The van der Waals surface area contributed by atoms with Crippen molar-refractivity contribution < 1.29 is 35.9 Å². The zero-order valence-corrected chi connectivity index (χ0v) is 20.8. The van der Waals surface area contributed by atoms with Crippen molar-refractivity contribution in [3.63, 3.8) is 0 Å². The fraction of sp³-hybridized carbons (Fsp3) is 0.346. The lowest BCUT2D eigenvalue weighted by atomic mass is 10.1. The summed E-state index contributed by atoms with van der Waals surface area (Å²) in [4.78, 5) is 25.2. The minimum absolute atomic E-state index is 0. The number of carboxylic acid groups (broad SMARTS) is 1. The number of unbranched alkanes of at least 4 members (excludes halogenated alkanes) is 2. The molecule has 0 aliphatic carbocycles. The van der Waals surface area contributed by atoms with Gasteiger partial charge in [0.15, 0.2) is 12.4 Å². The van der Waals surface area contributed by atoms with E-state index in [1.54, 1.807) is 6.08 Å². The maximum atomic E-state index is 12.5. The van der Waals surface area contributed by atoms with Crippen molar-refractivity contribution in [2.75, 3.05) is 18.0 Å². The van der Waals surface area contributed by atoms with Crippen molar-refractivity contribution in [1.82, 2.24) is 0 Å². The Morgan fingerprint density at radius 3 is 2.42 bits per heavy atom. The van der Waals surface area contributed by atoms with Crippen LogP contribution in [-0.2, 0) is 11.3 Å². The van der Waals surface area contributed by atoms with Gasteiger partial charge in [-0.1, -0.05) is 6.08 Å². The van der Waals surface area contributed by atoms with Crippen LogP contribution in [0.3, 0.4) is 0 Å². The maximum absolute atomic E-state index is 12.5. The molecule has 0 fully saturated rings. The highest BCUT2D eigenvalue weighted by Crippen LogP contribution is 2.22. The van der Waals surface area contributed by atoms with E-state index in [4.69, 9.17) is 9.52 Å². The third-order valence-corrected chi connectivity index (χ3v) is 5.55. The highest BCUT2D eigenvalue weighted by molar-refractivity contribution is 5.83. The molecule has 0 unspecified atom stereocenters. The molecule has 176 valence electrons. The van der Waals surface area contributed by atoms with Crippen LogP contribution in [0.2, 0.25) is 0 Å².